The average molecular weight is 286 g/mol. The molecule has 5 heteroatoms. The van der Waals surface area contributed by atoms with Crippen LogP contribution in [0.25, 0.3) is 27.5 Å². The molecule has 0 saturated heterocycles. The summed E-state index contributed by atoms with van der Waals surface area (Å²) in [6.45, 7) is 0. The lowest BCUT2D eigenvalue weighted by Gasteiger charge is -2.11. The minimum Gasteiger partial charge on any atom is -0.299 e. The summed E-state index contributed by atoms with van der Waals surface area (Å²) in [6.07, 6.45) is -2.65. The van der Waals surface area contributed by atoms with Crippen LogP contribution in [-0.2, 0) is 6.18 Å². The summed E-state index contributed by atoms with van der Waals surface area (Å²) >= 11 is 0. The van der Waals surface area contributed by atoms with Gasteiger partial charge in [-0.1, -0.05) is 24.3 Å². The number of hydrogen-bond acceptors (Lipinski definition) is 1. The lowest BCUT2D eigenvalue weighted by molar-refractivity contribution is -0.136. The van der Waals surface area contributed by atoms with Gasteiger partial charge in [-0.15, -0.1) is 0 Å². The first-order chi connectivity index (χ1) is 10.1. The molecule has 0 atom stereocenters. The van der Waals surface area contributed by atoms with Gasteiger partial charge >= 0.3 is 6.18 Å². The van der Waals surface area contributed by atoms with Crippen molar-refractivity contribution in [1.82, 2.24) is 9.38 Å². The Morgan fingerprint density at radius 3 is 2.52 bits per heavy atom. The Kier molecular flexibility index (Phi) is 2.31. The Balaban J connectivity index is 2.27. The normalized spacial score (nSPS) is 12.5. The molecule has 0 fully saturated rings. The third kappa shape index (κ3) is 1.70. The molecular weight excluding hydrogens is 277 g/mol. The summed E-state index contributed by atoms with van der Waals surface area (Å²) in [6, 6.07) is 13.2. The molecule has 0 N–H and O–H groups in total. The number of imidazole rings is 1. The van der Waals surface area contributed by atoms with E-state index in [4.69, 9.17) is 0 Å². The second-order valence-corrected chi connectivity index (χ2v) is 4.88. The molecule has 0 aliphatic carbocycles. The third-order valence-electron chi connectivity index (χ3n) is 3.62. The van der Waals surface area contributed by atoms with Crippen LogP contribution in [0.15, 0.2) is 54.7 Å². The van der Waals surface area contributed by atoms with Crippen LogP contribution in [0.1, 0.15) is 5.56 Å². The summed E-state index contributed by atoms with van der Waals surface area (Å²) in [7, 11) is 0. The number of nitrogens with zero attached hydrogens (tertiary/aromatic N) is 2. The molecule has 4 rings (SSSR count). The topological polar surface area (TPSA) is 17.3 Å². The minimum atomic E-state index is -4.40. The first kappa shape index (κ1) is 12.2. The Morgan fingerprint density at radius 2 is 1.71 bits per heavy atom. The zero-order chi connectivity index (χ0) is 14.6. The predicted molar refractivity (Wildman–Crippen MR) is 75.2 cm³/mol. The molecule has 21 heavy (non-hydrogen) atoms. The standard InChI is InChI=1S/C16H9F3N2/c17-16(18,19)11-5-3-4-10-8-9-21-13-7-2-1-6-12(13)20-15(21)14(10)11/h1-9H. The molecule has 2 nitrogen and oxygen atoms in total. The first-order valence-electron chi connectivity index (χ1n) is 6.41. The van der Waals surface area contributed by atoms with Crippen LogP contribution < -0.4 is 0 Å². The van der Waals surface area contributed by atoms with Gasteiger partial charge in [-0.2, -0.15) is 13.2 Å². The molecule has 104 valence electrons. The number of alkyl halides is 3. The molecule has 0 aliphatic rings. The maximum Gasteiger partial charge on any atom is 0.417 e. The van der Waals surface area contributed by atoms with Crippen molar-refractivity contribution in [2.75, 3.05) is 0 Å². The fourth-order valence-corrected chi connectivity index (χ4v) is 2.72. The van der Waals surface area contributed by atoms with Gasteiger partial charge in [0.05, 0.1) is 16.6 Å². The second kappa shape index (κ2) is 3.97. The summed E-state index contributed by atoms with van der Waals surface area (Å²) in [5.74, 6) is 0. The van der Waals surface area contributed by atoms with E-state index in [1.807, 2.05) is 18.2 Å². The molecule has 0 saturated carbocycles. The Morgan fingerprint density at radius 1 is 0.905 bits per heavy atom. The number of aromatic nitrogens is 2. The average Bonchev–Trinajstić information content (AvgIpc) is 2.84. The number of halogens is 3. The number of benzene rings is 2. The number of hydrogen-bond donors (Lipinski definition) is 0. The van der Waals surface area contributed by atoms with Gasteiger partial charge in [-0.3, -0.25) is 4.40 Å². The fourth-order valence-electron chi connectivity index (χ4n) is 2.72. The molecule has 0 unspecified atom stereocenters. The summed E-state index contributed by atoms with van der Waals surface area (Å²) in [5.41, 5.74) is 1.16. The number of para-hydroxylation sites is 2. The van der Waals surface area contributed by atoms with Crippen LogP contribution in [0, 0.1) is 0 Å². The van der Waals surface area contributed by atoms with Gasteiger partial charge < -0.3 is 0 Å². The highest BCUT2D eigenvalue weighted by Crippen LogP contribution is 2.37. The summed E-state index contributed by atoms with van der Waals surface area (Å²) in [4.78, 5) is 4.38. The van der Waals surface area contributed by atoms with Gasteiger partial charge in [0.1, 0.15) is 5.65 Å². The smallest absolute Gasteiger partial charge is 0.299 e. The van der Waals surface area contributed by atoms with Crippen molar-refractivity contribution in [3.63, 3.8) is 0 Å². The van der Waals surface area contributed by atoms with Gasteiger partial charge in [-0.25, -0.2) is 4.98 Å². The molecule has 2 aromatic heterocycles. The van der Waals surface area contributed by atoms with E-state index in [9.17, 15) is 13.2 Å². The first-order valence-corrected chi connectivity index (χ1v) is 6.41. The second-order valence-electron chi connectivity index (χ2n) is 4.88. The van der Waals surface area contributed by atoms with E-state index >= 15 is 0 Å². The minimum absolute atomic E-state index is 0.142. The van der Waals surface area contributed by atoms with E-state index in [0.29, 0.717) is 16.6 Å². The molecule has 4 aromatic rings. The van der Waals surface area contributed by atoms with Crippen molar-refractivity contribution in [1.29, 1.82) is 0 Å². The van der Waals surface area contributed by atoms with E-state index < -0.39 is 11.7 Å². The van der Waals surface area contributed by atoms with Gasteiger partial charge in [0.15, 0.2) is 0 Å². The molecule has 2 heterocycles. The number of pyridine rings is 1. The van der Waals surface area contributed by atoms with Gasteiger partial charge in [0, 0.05) is 11.6 Å². The van der Waals surface area contributed by atoms with Crippen LogP contribution in [0.4, 0.5) is 13.2 Å². The molecular formula is C16H9F3N2. The quantitative estimate of drug-likeness (QED) is 0.459. The highest BCUT2D eigenvalue weighted by molar-refractivity contribution is 6.00. The SMILES string of the molecule is FC(F)(F)c1cccc2ccn3c4ccccc4nc3c12. The largest absolute Gasteiger partial charge is 0.417 e. The van der Waals surface area contributed by atoms with Gasteiger partial charge in [0.2, 0.25) is 0 Å². The fraction of sp³-hybridized carbons (Fsp3) is 0.0625. The summed E-state index contributed by atoms with van der Waals surface area (Å²) < 4.78 is 41.5. The third-order valence-corrected chi connectivity index (χ3v) is 3.62. The number of rotatable bonds is 0. The van der Waals surface area contributed by atoms with Crippen LogP contribution >= 0.6 is 0 Å². The van der Waals surface area contributed by atoms with Crippen LogP contribution in [0.2, 0.25) is 0 Å². The monoisotopic (exact) mass is 286 g/mol. The Labute approximate surface area is 117 Å². The molecule has 0 bridgehead atoms. The highest BCUT2D eigenvalue weighted by atomic mass is 19.4. The van der Waals surface area contributed by atoms with Crippen LogP contribution in [0.5, 0.6) is 0 Å². The molecule has 0 spiro atoms. The van der Waals surface area contributed by atoms with E-state index in [0.717, 1.165) is 11.6 Å². The lowest BCUT2D eigenvalue weighted by atomic mass is 10.1. The maximum absolute atomic E-state index is 13.3. The molecule has 2 aromatic carbocycles. The van der Waals surface area contributed by atoms with Crippen LogP contribution in [-0.4, -0.2) is 9.38 Å². The van der Waals surface area contributed by atoms with Gasteiger partial charge in [0.25, 0.3) is 0 Å². The van der Waals surface area contributed by atoms with Crippen molar-refractivity contribution in [3.8, 4) is 0 Å². The number of fused-ring (bicyclic) bond motifs is 5. The molecule has 0 aliphatic heterocycles. The van der Waals surface area contributed by atoms with Crippen LogP contribution in [0.3, 0.4) is 0 Å². The van der Waals surface area contributed by atoms with Crippen molar-refractivity contribution in [2.24, 2.45) is 0 Å². The van der Waals surface area contributed by atoms with E-state index in [1.165, 1.54) is 6.07 Å². The maximum atomic E-state index is 13.3. The Bertz CT molecular complexity index is 983. The van der Waals surface area contributed by atoms with Crippen molar-refractivity contribution in [3.05, 3.63) is 60.3 Å². The molecule has 0 amide bonds. The van der Waals surface area contributed by atoms with Crippen molar-refractivity contribution < 1.29 is 13.2 Å². The lowest BCUT2D eigenvalue weighted by Crippen LogP contribution is -2.06. The molecule has 0 radical (unpaired) electrons. The zero-order valence-electron chi connectivity index (χ0n) is 10.7. The zero-order valence-corrected chi connectivity index (χ0v) is 10.7. The summed E-state index contributed by atoms with van der Waals surface area (Å²) in [5, 5.41) is 0.677. The Hall–Kier alpha value is -2.56. The van der Waals surface area contributed by atoms with E-state index in [2.05, 4.69) is 4.98 Å². The van der Waals surface area contributed by atoms with E-state index in [-0.39, 0.29) is 5.39 Å². The highest BCUT2D eigenvalue weighted by Gasteiger charge is 2.33. The van der Waals surface area contributed by atoms with E-state index in [1.54, 1.807) is 28.8 Å². The van der Waals surface area contributed by atoms with Crippen molar-refractivity contribution >= 4 is 27.5 Å². The van der Waals surface area contributed by atoms with Crippen molar-refractivity contribution in [2.45, 2.75) is 6.18 Å². The predicted octanol–water partition coefficient (Wildman–Crippen LogP) is 4.66. The van der Waals surface area contributed by atoms with Gasteiger partial charge in [-0.05, 0) is 29.7 Å².